The molecule has 0 saturated heterocycles. The Bertz CT molecular complexity index is 795. The number of carboxylic acid groups (broad SMARTS) is 1. The Morgan fingerprint density at radius 1 is 1.25 bits per heavy atom. The second kappa shape index (κ2) is 4.77. The zero-order valence-corrected chi connectivity index (χ0v) is 10.3. The average Bonchev–Trinajstić information content (AvgIpc) is 2.82. The Labute approximate surface area is 113 Å². The molecule has 0 radical (unpaired) electrons. The summed E-state index contributed by atoms with van der Waals surface area (Å²) in [5, 5.41) is 8.91. The van der Waals surface area contributed by atoms with Crippen LogP contribution >= 0.6 is 0 Å². The van der Waals surface area contributed by atoms with Crippen LogP contribution in [-0.2, 0) is 6.42 Å². The van der Waals surface area contributed by atoms with Crippen LogP contribution < -0.4 is 0 Å². The number of hydrogen-bond acceptors (Lipinski definition) is 3. The molecule has 100 valence electrons. The molecule has 0 aliphatic rings. The lowest BCUT2D eigenvalue weighted by atomic mass is 10.1. The normalized spacial score (nSPS) is 10.8. The fourth-order valence-corrected chi connectivity index (χ4v) is 1.99. The second-order valence-corrected chi connectivity index (χ2v) is 4.36. The van der Waals surface area contributed by atoms with Gasteiger partial charge in [-0.15, -0.1) is 0 Å². The van der Waals surface area contributed by atoms with Gasteiger partial charge in [0.15, 0.2) is 11.5 Å². The molecule has 3 rings (SSSR count). The predicted octanol–water partition coefficient (Wildman–Crippen LogP) is 3.26. The number of oxazole rings is 1. The monoisotopic (exact) mass is 271 g/mol. The van der Waals surface area contributed by atoms with Crippen molar-refractivity contribution >= 4 is 17.1 Å². The summed E-state index contributed by atoms with van der Waals surface area (Å²) in [7, 11) is 0. The fraction of sp³-hybridized carbons (Fsp3) is 0.0667. The Morgan fingerprint density at radius 2 is 2.05 bits per heavy atom. The van der Waals surface area contributed by atoms with Crippen molar-refractivity contribution in [2.24, 2.45) is 0 Å². The topological polar surface area (TPSA) is 63.3 Å². The smallest absolute Gasteiger partial charge is 0.335 e. The van der Waals surface area contributed by atoms with Crippen LogP contribution in [0.25, 0.3) is 11.1 Å². The number of fused-ring (bicyclic) bond motifs is 1. The van der Waals surface area contributed by atoms with E-state index in [4.69, 9.17) is 9.52 Å². The molecule has 0 fully saturated rings. The van der Waals surface area contributed by atoms with E-state index in [-0.39, 0.29) is 17.8 Å². The molecule has 1 aromatic heterocycles. The number of halogens is 1. The molecule has 0 amide bonds. The maximum atomic E-state index is 13.6. The number of hydrogen-bond donors (Lipinski definition) is 1. The summed E-state index contributed by atoms with van der Waals surface area (Å²) in [5.41, 5.74) is 1.57. The van der Waals surface area contributed by atoms with Gasteiger partial charge in [-0.25, -0.2) is 14.2 Å². The van der Waals surface area contributed by atoms with E-state index >= 15 is 0 Å². The highest BCUT2D eigenvalue weighted by Crippen LogP contribution is 2.20. The van der Waals surface area contributed by atoms with Crippen molar-refractivity contribution in [3.05, 3.63) is 65.3 Å². The van der Waals surface area contributed by atoms with Crippen molar-refractivity contribution < 1.29 is 18.7 Å². The molecule has 0 bridgehead atoms. The third kappa shape index (κ3) is 2.25. The largest absolute Gasteiger partial charge is 0.478 e. The molecular formula is C15H10FNO3. The minimum absolute atomic E-state index is 0.142. The van der Waals surface area contributed by atoms with Gasteiger partial charge in [0.2, 0.25) is 0 Å². The van der Waals surface area contributed by atoms with Crippen LogP contribution in [0.4, 0.5) is 4.39 Å². The van der Waals surface area contributed by atoms with E-state index in [0.717, 1.165) is 0 Å². The van der Waals surface area contributed by atoms with E-state index in [1.54, 1.807) is 24.3 Å². The van der Waals surface area contributed by atoms with Gasteiger partial charge in [0, 0.05) is 0 Å². The fourth-order valence-electron chi connectivity index (χ4n) is 1.99. The minimum Gasteiger partial charge on any atom is -0.478 e. The number of nitrogens with zero attached hydrogens (tertiary/aromatic N) is 1. The van der Waals surface area contributed by atoms with E-state index in [1.165, 1.54) is 18.2 Å². The third-order valence-corrected chi connectivity index (χ3v) is 2.98. The van der Waals surface area contributed by atoms with Crippen LogP contribution in [0.15, 0.2) is 46.9 Å². The summed E-state index contributed by atoms with van der Waals surface area (Å²) in [4.78, 5) is 15.1. The summed E-state index contributed by atoms with van der Waals surface area (Å²) >= 11 is 0. The number of aromatic carboxylic acids is 1. The molecule has 20 heavy (non-hydrogen) atoms. The molecule has 0 atom stereocenters. The summed E-state index contributed by atoms with van der Waals surface area (Å²) in [6.45, 7) is 0. The standard InChI is InChI=1S/C15H10FNO3/c16-11-4-2-1-3-9(11)8-14-17-12-7-10(15(18)19)5-6-13(12)20-14/h1-7H,8H2,(H,18,19). The van der Waals surface area contributed by atoms with Crippen LogP contribution in [0.2, 0.25) is 0 Å². The highest BCUT2D eigenvalue weighted by atomic mass is 19.1. The number of aromatic nitrogens is 1. The van der Waals surface area contributed by atoms with Gasteiger partial charge in [-0.3, -0.25) is 0 Å². The lowest BCUT2D eigenvalue weighted by Crippen LogP contribution is -1.95. The van der Waals surface area contributed by atoms with Crippen LogP contribution in [0.3, 0.4) is 0 Å². The summed E-state index contributed by atoms with van der Waals surface area (Å²) in [6.07, 6.45) is 0.226. The van der Waals surface area contributed by atoms with Crippen molar-refractivity contribution in [2.45, 2.75) is 6.42 Å². The van der Waals surface area contributed by atoms with Gasteiger partial charge < -0.3 is 9.52 Å². The molecule has 0 aliphatic heterocycles. The quantitative estimate of drug-likeness (QED) is 0.794. The van der Waals surface area contributed by atoms with E-state index in [9.17, 15) is 9.18 Å². The van der Waals surface area contributed by atoms with Crippen molar-refractivity contribution in [3.63, 3.8) is 0 Å². The molecule has 0 aliphatic carbocycles. The molecule has 0 saturated carbocycles. The molecule has 5 heteroatoms. The first-order chi connectivity index (χ1) is 9.63. The van der Waals surface area contributed by atoms with Gasteiger partial charge in [0.1, 0.15) is 11.3 Å². The number of benzene rings is 2. The van der Waals surface area contributed by atoms with Gasteiger partial charge >= 0.3 is 5.97 Å². The van der Waals surface area contributed by atoms with Crippen molar-refractivity contribution in [1.29, 1.82) is 0 Å². The second-order valence-electron chi connectivity index (χ2n) is 4.36. The number of carbonyl (C=O) groups is 1. The molecule has 0 unspecified atom stereocenters. The molecule has 1 heterocycles. The summed E-state index contributed by atoms with van der Waals surface area (Å²) in [5.74, 6) is -0.987. The zero-order chi connectivity index (χ0) is 14.1. The van der Waals surface area contributed by atoms with E-state index in [2.05, 4.69) is 4.98 Å². The first kappa shape index (κ1) is 12.3. The Balaban J connectivity index is 1.97. The van der Waals surface area contributed by atoms with Gasteiger partial charge in [0.25, 0.3) is 0 Å². The highest BCUT2D eigenvalue weighted by molar-refractivity contribution is 5.91. The van der Waals surface area contributed by atoms with Gasteiger partial charge in [-0.1, -0.05) is 18.2 Å². The average molecular weight is 271 g/mol. The van der Waals surface area contributed by atoms with E-state index < -0.39 is 5.97 Å². The molecule has 4 nitrogen and oxygen atoms in total. The van der Waals surface area contributed by atoms with Gasteiger partial charge in [-0.05, 0) is 29.8 Å². The zero-order valence-electron chi connectivity index (χ0n) is 10.3. The number of carboxylic acids is 1. The number of rotatable bonds is 3. The first-order valence-electron chi connectivity index (χ1n) is 5.99. The molecular weight excluding hydrogens is 261 g/mol. The predicted molar refractivity (Wildman–Crippen MR) is 70.2 cm³/mol. The van der Waals surface area contributed by atoms with E-state index in [1.807, 2.05) is 0 Å². The Kier molecular flexibility index (Phi) is 2.95. The Morgan fingerprint density at radius 3 is 2.80 bits per heavy atom. The summed E-state index contributed by atoms with van der Waals surface area (Å²) < 4.78 is 19.0. The maximum absolute atomic E-state index is 13.6. The lowest BCUT2D eigenvalue weighted by Gasteiger charge is -1.98. The van der Waals surface area contributed by atoms with Crippen LogP contribution in [0.5, 0.6) is 0 Å². The molecule has 2 aromatic carbocycles. The first-order valence-corrected chi connectivity index (χ1v) is 5.99. The highest BCUT2D eigenvalue weighted by Gasteiger charge is 2.11. The Hall–Kier alpha value is -2.69. The van der Waals surface area contributed by atoms with Crippen LogP contribution in [-0.4, -0.2) is 16.1 Å². The van der Waals surface area contributed by atoms with Gasteiger partial charge in [-0.2, -0.15) is 0 Å². The summed E-state index contributed by atoms with van der Waals surface area (Å²) in [6, 6.07) is 10.8. The molecule has 1 N–H and O–H groups in total. The molecule has 0 spiro atoms. The minimum atomic E-state index is -1.02. The van der Waals surface area contributed by atoms with Gasteiger partial charge in [0.05, 0.1) is 12.0 Å². The van der Waals surface area contributed by atoms with E-state index in [0.29, 0.717) is 22.6 Å². The SMILES string of the molecule is O=C(O)c1ccc2oc(Cc3ccccc3F)nc2c1. The maximum Gasteiger partial charge on any atom is 0.335 e. The lowest BCUT2D eigenvalue weighted by molar-refractivity contribution is 0.0697. The third-order valence-electron chi connectivity index (χ3n) is 2.98. The molecule has 3 aromatic rings. The van der Waals surface area contributed by atoms with Crippen LogP contribution in [0, 0.1) is 5.82 Å². The van der Waals surface area contributed by atoms with Crippen molar-refractivity contribution in [1.82, 2.24) is 4.98 Å². The van der Waals surface area contributed by atoms with Crippen molar-refractivity contribution in [3.8, 4) is 0 Å². The van der Waals surface area contributed by atoms with Crippen molar-refractivity contribution in [2.75, 3.05) is 0 Å². The van der Waals surface area contributed by atoms with Crippen LogP contribution in [0.1, 0.15) is 21.8 Å².